The molecule has 1 N–H and O–H groups in total. The molecule has 1 aliphatic rings. The molecule has 0 saturated carbocycles. The molecule has 0 saturated heterocycles. The summed E-state index contributed by atoms with van der Waals surface area (Å²) < 4.78 is 17.2. The molecule has 0 amide bonds. The van der Waals surface area contributed by atoms with E-state index in [0.29, 0.717) is 6.61 Å². The van der Waals surface area contributed by atoms with Crippen molar-refractivity contribution in [2.24, 2.45) is 0 Å². The highest BCUT2D eigenvalue weighted by molar-refractivity contribution is 5.41. The third kappa shape index (κ3) is 2.64. The second-order valence-electron chi connectivity index (χ2n) is 4.77. The topological polar surface area (TPSA) is 52.6 Å². The van der Waals surface area contributed by atoms with Gasteiger partial charge in [-0.25, -0.2) is 0 Å². The number of benzene rings is 1. The number of hydrogen-bond donors (Lipinski definition) is 1. The number of fused-ring (bicyclic) bond motifs is 1. The highest BCUT2D eigenvalue weighted by atomic mass is 16.6. The second-order valence-corrected chi connectivity index (χ2v) is 4.77. The van der Waals surface area contributed by atoms with Gasteiger partial charge < -0.3 is 19.5 Å². The molecule has 1 aromatic carbocycles. The van der Waals surface area contributed by atoms with Crippen LogP contribution in [0.2, 0.25) is 0 Å². The smallest absolute Gasteiger partial charge is 0.161 e. The predicted octanol–water partition coefficient (Wildman–Crippen LogP) is 2.19. The fraction of sp³-hybridized carbons (Fsp3) is 0.312. The Hall–Kier alpha value is -2.27. The van der Waals surface area contributed by atoms with Gasteiger partial charge in [-0.3, -0.25) is 4.98 Å². The van der Waals surface area contributed by atoms with E-state index in [-0.39, 0.29) is 12.1 Å². The van der Waals surface area contributed by atoms with Crippen molar-refractivity contribution in [1.82, 2.24) is 10.3 Å². The zero-order chi connectivity index (χ0) is 14.7. The average Bonchev–Trinajstić information content (AvgIpc) is 2.56. The van der Waals surface area contributed by atoms with E-state index in [0.717, 1.165) is 22.9 Å². The first-order valence-electron chi connectivity index (χ1n) is 6.88. The van der Waals surface area contributed by atoms with Gasteiger partial charge in [0, 0.05) is 6.20 Å². The molecule has 0 aliphatic carbocycles. The zero-order valence-corrected chi connectivity index (χ0v) is 12.1. The molecule has 5 nitrogen and oxygen atoms in total. The number of ether oxygens (including phenoxy) is 3. The van der Waals surface area contributed by atoms with Gasteiger partial charge in [0.05, 0.1) is 13.2 Å². The first kappa shape index (κ1) is 13.7. The van der Waals surface area contributed by atoms with Gasteiger partial charge in [0.25, 0.3) is 0 Å². The van der Waals surface area contributed by atoms with Crippen LogP contribution in [0, 0.1) is 0 Å². The van der Waals surface area contributed by atoms with Gasteiger partial charge >= 0.3 is 0 Å². The summed E-state index contributed by atoms with van der Waals surface area (Å²) in [6, 6.07) is 11.3. The van der Waals surface area contributed by atoms with Crippen LogP contribution in [-0.2, 0) is 0 Å². The molecule has 5 heteroatoms. The molecule has 2 atom stereocenters. The van der Waals surface area contributed by atoms with Crippen molar-refractivity contribution >= 4 is 0 Å². The molecule has 0 spiro atoms. The minimum Gasteiger partial charge on any atom is -0.495 e. The number of nitrogens with one attached hydrogen (secondary N) is 1. The molecule has 2 unspecified atom stereocenters. The van der Waals surface area contributed by atoms with E-state index >= 15 is 0 Å². The first-order chi connectivity index (χ1) is 10.3. The van der Waals surface area contributed by atoms with Gasteiger partial charge in [0.1, 0.15) is 18.1 Å². The maximum atomic E-state index is 6.06. The van der Waals surface area contributed by atoms with E-state index in [1.165, 1.54) is 0 Å². The summed E-state index contributed by atoms with van der Waals surface area (Å²) in [5, 5.41) is 3.25. The molecular formula is C16H18N2O3. The van der Waals surface area contributed by atoms with Crippen LogP contribution in [0.15, 0.2) is 42.6 Å². The van der Waals surface area contributed by atoms with Gasteiger partial charge in [-0.15, -0.1) is 0 Å². The van der Waals surface area contributed by atoms with Crippen LogP contribution < -0.4 is 19.5 Å². The maximum Gasteiger partial charge on any atom is 0.161 e. The molecule has 0 fully saturated rings. The summed E-state index contributed by atoms with van der Waals surface area (Å²) in [4.78, 5) is 4.43. The molecule has 110 valence electrons. The van der Waals surface area contributed by atoms with Crippen molar-refractivity contribution < 1.29 is 14.2 Å². The lowest BCUT2D eigenvalue weighted by atomic mass is 10.1. The Kier molecular flexibility index (Phi) is 3.92. The van der Waals surface area contributed by atoms with Crippen LogP contribution >= 0.6 is 0 Å². The Morgan fingerprint density at radius 1 is 1.24 bits per heavy atom. The monoisotopic (exact) mass is 286 g/mol. The van der Waals surface area contributed by atoms with Gasteiger partial charge in [-0.05, 0) is 31.3 Å². The fourth-order valence-electron chi connectivity index (χ4n) is 2.51. The van der Waals surface area contributed by atoms with Gasteiger partial charge in [0.2, 0.25) is 0 Å². The molecule has 1 aliphatic heterocycles. The summed E-state index contributed by atoms with van der Waals surface area (Å²) in [5.41, 5.74) is 0.815. The molecule has 2 aromatic rings. The Morgan fingerprint density at radius 2 is 2.05 bits per heavy atom. The Morgan fingerprint density at radius 3 is 2.81 bits per heavy atom. The Balaban J connectivity index is 1.88. The third-order valence-corrected chi connectivity index (χ3v) is 3.53. The molecule has 2 heterocycles. The summed E-state index contributed by atoms with van der Waals surface area (Å²) in [5.74, 6) is 2.26. The summed E-state index contributed by atoms with van der Waals surface area (Å²) >= 11 is 0. The number of nitrogens with zero attached hydrogens (tertiary/aromatic N) is 1. The van der Waals surface area contributed by atoms with Crippen LogP contribution in [-0.4, -0.2) is 31.9 Å². The van der Waals surface area contributed by atoms with Gasteiger partial charge in [0.15, 0.2) is 17.6 Å². The van der Waals surface area contributed by atoms with Crippen LogP contribution in [0.3, 0.4) is 0 Å². The minimum atomic E-state index is -0.173. The number of hydrogen-bond acceptors (Lipinski definition) is 5. The third-order valence-electron chi connectivity index (χ3n) is 3.53. The van der Waals surface area contributed by atoms with E-state index in [4.69, 9.17) is 14.2 Å². The quantitative estimate of drug-likeness (QED) is 0.933. The highest BCUT2D eigenvalue weighted by Gasteiger charge is 2.31. The van der Waals surface area contributed by atoms with Crippen LogP contribution in [0.5, 0.6) is 17.2 Å². The average molecular weight is 286 g/mol. The van der Waals surface area contributed by atoms with Crippen molar-refractivity contribution in [2.45, 2.75) is 12.1 Å². The predicted molar refractivity (Wildman–Crippen MR) is 78.9 cm³/mol. The van der Waals surface area contributed by atoms with E-state index in [9.17, 15) is 0 Å². The number of likely N-dealkylation sites (N-methyl/N-ethyl adjacent to an activating group) is 1. The largest absolute Gasteiger partial charge is 0.495 e. The maximum absolute atomic E-state index is 6.06. The van der Waals surface area contributed by atoms with Crippen molar-refractivity contribution in [1.29, 1.82) is 0 Å². The van der Waals surface area contributed by atoms with Crippen molar-refractivity contribution in [2.75, 3.05) is 20.8 Å². The van der Waals surface area contributed by atoms with Gasteiger partial charge in [-0.1, -0.05) is 12.1 Å². The van der Waals surface area contributed by atoms with E-state index in [2.05, 4.69) is 10.3 Å². The standard InChI is InChI=1S/C16H18N2O3/c1-17-15(16-13(19-2)8-5-9-18-16)14-10-20-11-6-3-4-7-12(11)21-14/h3-9,14-15,17H,10H2,1-2H3. The molecule has 0 bridgehead atoms. The molecule has 0 radical (unpaired) electrons. The number of para-hydroxylation sites is 2. The molecule has 21 heavy (non-hydrogen) atoms. The van der Waals surface area contributed by atoms with Crippen molar-refractivity contribution in [3.05, 3.63) is 48.3 Å². The SMILES string of the molecule is CNC(c1ncccc1OC)C1COc2ccccc2O1. The number of pyridine rings is 1. The Bertz CT molecular complexity index is 618. The normalized spacial score (nSPS) is 18.1. The summed E-state index contributed by atoms with van der Waals surface area (Å²) in [7, 11) is 3.52. The second kappa shape index (κ2) is 6.01. The Labute approximate surface area is 123 Å². The van der Waals surface area contributed by atoms with Crippen LogP contribution in [0.4, 0.5) is 0 Å². The van der Waals surface area contributed by atoms with Crippen molar-refractivity contribution in [3.63, 3.8) is 0 Å². The lowest BCUT2D eigenvalue weighted by molar-refractivity contribution is 0.0619. The van der Waals surface area contributed by atoms with E-state index < -0.39 is 0 Å². The highest BCUT2D eigenvalue weighted by Crippen LogP contribution is 2.35. The number of rotatable bonds is 4. The number of methoxy groups -OCH3 is 1. The van der Waals surface area contributed by atoms with E-state index in [1.54, 1.807) is 13.3 Å². The summed E-state index contributed by atoms with van der Waals surface area (Å²) in [6.07, 6.45) is 1.58. The summed E-state index contributed by atoms with van der Waals surface area (Å²) in [6.45, 7) is 0.461. The van der Waals surface area contributed by atoms with Crippen molar-refractivity contribution in [3.8, 4) is 17.2 Å². The lowest BCUT2D eigenvalue weighted by Crippen LogP contribution is -2.41. The minimum absolute atomic E-state index is 0.116. The molecule has 3 rings (SSSR count). The van der Waals surface area contributed by atoms with E-state index in [1.807, 2.05) is 43.4 Å². The number of aromatic nitrogens is 1. The first-order valence-corrected chi connectivity index (χ1v) is 6.88. The molecular weight excluding hydrogens is 268 g/mol. The fourth-order valence-corrected chi connectivity index (χ4v) is 2.51. The van der Waals surface area contributed by atoms with Gasteiger partial charge in [-0.2, -0.15) is 0 Å². The van der Waals surface area contributed by atoms with Crippen LogP contribution in [0.1, 0.15) is 11.7 Å². The zero-order valence-electron chi connectivity index (χ0n) is 12.1. The van der Waals surface area contributed by atoms with Crippen LogP contribution in [0.25, 0.3) is 0 Å². The lowest BCUT2D eigenvalue weighted by Gasteiger charge is -2.32. The molecule has 1 aromatic heterocycles.